The van der Waals surface area contributed by atoms with Crippen LogP contribution in [0.25, 0.3) is 0 Å². The van der Waals surface area contributed by atoms with Gasteiger partial charge in [0.05, 0.1) is 10.7 Å². The average molecular weight is 248 g/mol. The maximum atomic E-state index is 6.43. The van der Waals surface area contributed by atoms with Crippen molar-refractivity contribution in [2.24, 2.45) is 35.3 Å². The highest BCUT2D eigenvalue weighted by atomic mass is 32.1. The molecule has 3 saturated carbocycles. The summed E-state index contributed by atoms with van der Waals surface area (Å²) in [6.07, 6.45) is 5.51. The molecule has 2 bridgehead atoms. The smallest absolute Gasteiger partial charge is 0.0897 e. The molecule has 3 aliphatic carbocycles. The maximum Gasteiger partial charge on any atom is 0.0897 e. The van der Waals surface area contributed by atoms with Crippen LogP contribution in [0, 0.1) is 36.5 Å². The molecular formula is C14H20N2S. The molecule has 0 amide bonds. The predicted octanol–water partition coefficient (Wildman–Crippen LogP) is 2.61. The average Bonchev–Trinajstić information content (AvgIpc) is 2.65. The van der Waals surface area contributed by atoms with Crippen molar-refractivity contribution in [1.29, 1.82) is 0 Å². The highest BCUT2D eigenvalue weighted by Gasteiger charge is 2.66. The molecule has 92 valence electrons. The maximum absolute atomic E-state index is 6.43. The molecule has 0 radical (unpaired) electrons. The molecule has 2 nitrogen and oxygen atoms in total. The summed E-state index contributed by atoms with van der Waals surface area (Å²) in [6, 6.07) is 0.370. The summed E-state index contributed by atoms with van der Waals surface area (Å²) in [5.74, 6) is 4.92. The van der Waals surface area contributed by atoms with Crippen molar-refractivity contribution in [3.8, 4) is 0 Å². The molecule has 5 unspecified atom stereocenters. The summed E-state index contributed by atoms with van der Waals surface area (Å²) in [6.45, 7) is 2.08. The minimum atomic E-state index is 0.370. The van der Waals surface area contributed by atoms with Crippen molar-refractivity contribution in [1.82, 2.24) is 4.98 Å². The zero-order valence-electron chi connectivity index (χ0n) is 10.3. The molecule has 0 spiro atoms. The van der Waals surface area contributed by atoms with Gasteiger partial charge in [0.25, 0.3) is 0 Å². The van der Waals surface area contributed by atoms with Crippen LogP contribution in [0.1, 0.15) is 30.0 Å². The van der Waals surface area contributed by atoms with Gasteiger partial charge < -0.3 is 5.73 Å². The van der Waals surface area contributed by atoms with Crippen LogP contribution in [0.5, 0.6) is 0 Å². The minimum absolute atomic E-state index is 0.370. The topological polar surface area (TPSA) is 38.9 Å². The molecule has 4 rings (SSSR count). The highest BCUT2D eigenvalue weighted by Crippen LogP contribution is 2.70. The zero-order valence-corrected chi connectivity index (χ0v) is 11.1. The number of rotatable bonds is 3. The zero-order chi connectivity index (χ0) is 11.6. The third-order valence-corrected chi connectivity index (χ3v) is 6.22. The van der Waals surface area contributed by atoms with Crippen molar-refractivity contribution < 1.29 is 0 Å². The third-order valence-electron chi connectivity index (χ3n) is 5.40. The van der Waals surface area contributed by atoms with Gasteiger partial charge in [-0.2, -0.15) is 0 Å². The molecule has 1 aromatic rings. The molecule has 3 aliphatic rings. The Morgan fingerprint density at radius 2 is 2.12 bits per heavy atom. The SMILES string of the molecule is Cc1nc(CC(N)C2C3C4CCC(C4)C23)cs1. The summed E-state index contributed by atoms with van der Waals surface area (Å²) >= 11 is 1.75. The number of nitrogens with zero attached hydrogens (tertiary/aromatic N) is 1. The molecule has 1 heterocycles. The Hall–Kier alpha value is -0.410. The van der Waals surface area contributed by atoms with Gasteiger partial charge in [0.1, 0.15) is 0 Å². The number of nitrogens with two attached hydrogens (primary N) is 1. The molecule has 1 aromatic heterocycles. The van der Waals surface area contributed by atoms with Gasteiger partial charge in [-0.1, -0.05) is 0 Å². The lowest BCUT2D eigenvalue weighted by molar-refractivity contribution is 0.408. The standard InChI is InChI=1S/C14H20N2S/c1-7-16-10(6-17-7)5-11(15)14-12-8-2-3-9(4-8)13(12)14/h6,8-9,11-14H,2-5,15H2,1H3. The number of thiazole rings is 1. The lowest BCUT2D eigenvalue weighted by Gasteiger charge is -2.14. The second-order valence-electron chi connectivity index (χ2n) is 6.29. The van der Waals surface area contributed by atoms with Crippen LogP contribution in [0.4, 0.5) is 0 Å². The fourth-order valence-electron chi connectivity index (χ4n) is 4.84. The fraction of sp³-hybridized carbons (Fsp3) is 0.786. The van der Waals surface area contributed by atoms with E-state index in [4.69, 9.17) is 5.73 Å². The third kappa shape index (κ3) is 1.52. The van der Waals surface area contributed by atoms with E-state index < -0.39 is 0 Å². The Labute approximate surface area is 107 Å². The minimum Gasteiger partial charge on any atom is -0.327 e. The Balaban J connectivity index is 1.44. The lowest BCUT2D eigenvalue weighted by Crippen LogP contribution is -2.28. The van der Waals surface area contributed by atoms with Crippen LogP contribution >= 0.6 is 11.3 Å². The number of hydrogen-bond donors (Lipinski definition) is 1. The van der Waals surface area contributed by atoms with E-state index in [1.54, 1.807) is 11.3 Å². The van der Waals surface area contributed by atoms with Crippen molar-refractivity contribution in [2.75, 3.05) is 0 Å². The van der Waals surface area contributed by atoms with E-state index in [0.29, 0.717) is 6.04 Å². The van der Waals surface area contributed by atoms with E-state index in [1.165, 1.54) is 30.0 Å². The van der Waals surface area contributed by atoms with Crippen LogP contribution in [0.2, 0.25) is 0 Å². The van der Waals surface area contributed by atoms with Gasteiger partial charge >= 0.3 is 0 Å². The van der Waals surface area contributed by atoms with Gasteiger partial charge in [0.2, 0.25) is 0 Å². The Kier molecular flexibility index (Phi) is 2.19. The molecule has 0 aliphatic heterocycles. The van der Waals surface area contributed by atoms with E-state index in [0.717, 1.165) is 36.0 Å². The molecule has 0 aromatic carbocycles. The van der Waals surface area contributed by atoms with Crippen LogP contribution in [-0.2, 0) is 6.42 Å². The van der Waals surface area contributed by atoms with Gasteiger partial charge in [-0.15, -0.1) is 11.3 Å². The second kappa shape index (κ2) is 3.55. The van der Waals surface area contributed by atoms with Crippen LogP contribution < -0.4 is 5.73 Å². The lowest BCUT2D eigenvalue weighted by atomic mass is 9.95. The first-order chi connectivity index (χ1) is 8.24. The van der Waals surface area contributed by atoms with Crippen LogP contribution in [0.3, 0.4) is 0 Å². The molecule has 5 atom stereocenters. The number of hydrogen-bond acceptors (Lipinski definition) is 3. The summed E-state index contributed by atoms with van der Waals surface area (Å²) < 4.78 is 0. The largest absolute Gasteiger partial charge is 0.327 e. The first-order valence-corrected chi connectivity index (χ1v) is 7.78. The monoisotopic (exact) mass is 248 g/mol. The molecule has 17 heavy (non-hydrogen) atoms. The molecular weight excluding hydrogens is 228 g/mol. The van der Waals surface area contributed by atoms with Crippen molar-refractivity contribution in [2.45, 2.75) is 38.6 Å². The Bertz CT molecular complexity index is 425. The second-order valence-corrected chi connectivity index (χ2v) is 7.35. The first-order valence-electron chi connectivity index (χ1n) is 6.90. The van der Waals surface area contributed by atoms with Crippen molar-refractivity contribution >= 4 is 11.3 Å². The summed E-state index contributed by atoms with van der Waals surface area (Å²) in [7, 11) is 0. The fourth-order valence-corrected chi connectivity index (χ4v) is 5.47. The molecule has 2 N–H and O–H groups in total. The highest BCUT2D eigenvalue weighted by molar-refractivity contribution is 7.09. The summed E-state index contributed by atoms with van der Waals surface area (Å²) in [4.78, 5) is 4.55. The predicted molar refractivity (Wildman–Crippen MR) is 69.8 cm³/mol. The quantitative estimate of drug-likeness (QED) is 0.893. The van der Waals surface area contributed by atoms with Crippen LogP contribution in [-0.4, -0.2) is 11.0 Å². The van der Waals surface area contributed by atoms with Gasteiger partial charge in [-0.3, -0.25) is 0 Å². The first kappa shape index (κ1) is 10.5. The van der Waals surface area contributed by atoms with E-state index in [2.05, 4.69) is 17.3 Å². The van der Waals surface area contributed by atoms with Crippen molar-refractivity contribution in [3.05, 3.63) is 16.1 Å². The normalized spacial score (nSPS) is 43.8. The Morgan fingerprint density at radius 3 is 2.71 bits per heavy atom. The number of aromatic nitrogens is 1. The van der Waals surface area contributed by atoms with Crippen molar-refractivity contribution in [3.63, 3.8) is 0 Å². The van der Waals surface area contributed by atoms with E-state index in [9.17, 15) is 0 Å². The molecule has 0 saturated heterocycles. The molecule has 3 fully saturated rings. The van der Waals surface area contributed by atoms with Gasteiger partial charge in [-0.05, 0) is 55.8 Å². The van der Waals surface area contributed by atoms with E-state index >= 15 is 0 Å². The Morgan fingerprint density at radius 1 is 1.41 bits per heavy atom. The van der Waals surface area contributed by atoms with Gasteiger partial charge in [0, 0.05) is 17.8 Å². The van der Waals surface area contributed by atoms with E-state index in [-0.39, 0.29) is 0 Å². The van der Waals surface area contributed by atoms with Gasteiger partial charge in [-0.25, -0.2) is 4.98 Å². The summed E-state index contributed by atoms with van der Waals surface area (Å²) in [5, 5.41) is 3.35. The molecule has 3 heteroatoms. The van der Waals surface area contributed by atoms with E-state index in [1.807, 2.05) is 0 Å². The number of aryl methyl sites for hydroxylation is 1. The van der Waals surface area contributed by atoms with Gasteiger partial charge in [0.15, 0.2) is 0 Å². The number of fused-ring (bicyclic) bond motifs is 5. The van der Waals surface area contributed by atoms with Crippen LogP contribution in [0.15, 0.2) is 5.38 Å². The summed E-state index contributed by atoms with van der Waals surface area (Å²) in [5.41, 5.74) is 7.65.